The number of hydrogen-bond donors (Lipinski definition) is 0. The summed E-state index contributed by atoms with van der Waals surface area (Å²) in [5, 5.41) is 1.05. The van der Waals surface area contributed by atoms with E-state index in [4.69, 9.17) is 11.6 Å². The number of rotatable bonds is 5. The summed E-state index contributed by atoms with van der Waals surface area (Å²) in [6, 6.07) is 4.73. The number of amides is 1. The van der Waals surface area contributed by atoms with Gasteiger partial charge in [0.05, 0.1) is 16.9 Å². The van der Waals surface area contributed by atoms with E-state index in [0.29, 0.717) is 34.1 Å². The van der Waals surface area contributed by atoms with Gasteiger partial charge in [-0.25, -0.2) is 4.98 Å². The van der Waals surface area contributed by atoms with Crippen LogP contribution in [0.5, 0.6) is 0 Å². The molecule has 2 aromatic rings. The number of carbonyl (C=O) groups excluding carboxylic acids is 1. The summed E-state index contributed by atoms with van der Waals surface area (Å²) in [7, 11) is 3.46. The third-order valence-corrected chi connectivity index (χ3v) is 5.14. The zero-order valence-electron chi connectivity index (χ0n) is 17.3. The predicted octanol–water partition coefficient (Wildman–Crippen LogP) is 4.57. The molecule has 2 atom stereocenters. The van der Waals surface area contributed by atoms with E-state index >= 15 is 0 Å². The molecule has 1 heterocycles. The number of halogens is 1. The molecule has 6 heteroatoms. The van der Waals surface area contributed by atoms with Crippen LogP contribution in [0.25, 0.3) is 10.9 Å². The van der Waals surface area contributed by atoms with Crippen LogP contribution in [0.1, 0.15) is 59.3 Å². The quantitative estimate of drug-likeness (QED) is 0.750. The van der Waals surface area contributed by atoms with E-state index in [1.807, 2.05) is 6.92 Å². The predicted molar refractivity (Wildman–Crippen MR) is 111 cm³/mol. The van der Waals surface area contributed by atoms with Gasteiger partial charge in [0, 0.05) is 25.5 Å². The van der Waals surface area contributed by atoms with Crippen LogP contribution in [-0.2, 0) is 11.8 Å². The molecule has 0 aliphatic rings. The number of aromatic nitrogens is 2. The Bertz CT molecular complexity index is 899. The van der Waals surface area contributed by atoms with Gasteiger partial charge in [0.1, 0.15) is 5.82 Å². The van der Waals surface area contributed by atoms with Crippen LogP contribution in [0.4, 0.5) is 0 Å². The lowest BCUT2D eigenvalue weighted by Crippen LogP contribution is -2.35. The lowest BCUT2D eigenvalue weighted by Gasteiger charge is -2.28. The number of hydrogen-bond acceptors (Lipinski definition) is 3. The first-order valence-corrected chi connectivity index (χ1v) is 9.70. The van der Waals surface area contributed by atoms with E-state index < -0.39 is 0 Å². The molecule has 0 fully saturated rings. The van der Waals surface area contributed by atoms with Gasteiger partial charge in [-0.2, -0.15) is 0 Å². The van der Waals surface area contributed by atoms with Gasteiger partial charge in [-0.3, -0.25) is 14.2 Å². The first-order valence-electron chi connectivity index (χ1n) is 9.32. The molecule has 0 radical (unpaired) electrons. The van der Waals surface area contributed by atoms with Crippen molar-refractivity contribution in [2.75, 3.05) is 7.05 Å². The van der Waals surface area contributed by atoms with Crippen molar-refractivity contribution in [2.45, 2.75) is 53.5 Å². The molecule has 1 aromatic carbocycles. The maximum absolute atomic E-state index is 12.8. The number of carbonyl (C=O) groups is 1. The second-order valence-electron chi connectivity index (χ2n) is 8.75. The van der Waals surface area contributed by atoms with E-state index in [1.165, 1.54) is 4.57 Å². The average Bonchev–Trinajstić information content (AvgIpc) is 2.54. The first-order chi connectivity index (χ1) is 12.4. The van der Waals surface area contributed by atoms with Crippen LogP contribution in [0.2, 0.25) is 5.02 Å². The van der Waals surface area contributed by atoms with Crippen LogP contribution in [-0.4, -0.2) is 27.4 Å². The second-order valence-corrected chi connectivity index (χ2v) is 9.19. The van der Waals surface area contributed by atoms with Gasteiger partial charge in [0.15, 0.2) is 0 Å². The Balaban J connectivity index is 2.28. The molecule has 0 bridgehead atoms. The van der Waals surface area contributed by atoms with Crippen LogP contribution >= 0.6 is 11.6 Å². The topological polar surface area (TPSA) is 55.2 Å². The van der Waals surface area contributed by atoms with Crippen molar-refractivity contribution < 1.29 is 4.79 Å². The summed E-state index contributed by atoms with van der Waals surface area (Å²) in [6.45, 7) is 10.5. The molecule has 0 spiro atoms. The Morgan fingerprint density at radius 3 is 2.52 bits per heavy atom. The Labute approximate surface area is 166 Å². The largest absolute Gasteiger partial charge is 0.336 e. The molecule has 0 aliphatic heterocycles. The normalized spacial score (nSPS) is 14.2. The first kappa shape index (κ1) is 21.4. The Morgan fingerprint density at radius 1 is 1.30 bits per heavy atom. The van der Waals surface area contributed by atoms with Crippen molar-refractivity contribution in [1.82, 2.24) is 14.5 Å². The summed E-state index contributed by atoms with van der Waals surface area (Å²) in [6.07, 6.45) is 1.46. The van der Waals surface area contributed by atoms with Crippen molar-refractivity contribution in [1.29, 1.82) is 0 Å². The number of fused-ring (bicyclic) bond motifs is 1. The molecule has 0 aliphatic carbocycles. The molecule has 1 amide bonds. The van der Waals surface area contributed by atoms with E-state index in [1.54, 1.807) is 37.2 Å². The minimum atomic E-state index is -0.319. The summed E-state index contributed by atoms with van der Waals surface area (Å²) >= 11 is 6.05. The number of benzene rings is 1. The molecule has 0 saturated heterocycles. The van der Waals surface area contributed by atoms with Crippen molar-refractivity contribution in [3.63, 3.8) is 0 Å². The highest BCUT2D eigenvalue weighted by Gasteiger charge is 2.25. The molecule has 5 nitrogen and oxygen atoms in total. The molecule has 0 N–H and O–H groups in total. The second kappa shape index (κ2) is 8.01. The molecule has 27 heavy (non-hydrogen) atoms. The average molecular weight is 392 g/mol. The van der Waals surface area contributed by atoms with Crippen LogP contribution in [0.3, 0.4) is 0 Å². The molecular formula is C21H30ClN3O2. The molecule has 1 aromatic heterocycles. The van der Waals surface area contributed by atoms with Gasteiger partial charge in [0.2, 0.25) is 5.91 Å². The van der Waals surface area contributed by atoms with Gasteiger partial charge in [-0.1, -0.05) is 39.3 Å². The Hall–Kier alpha value is -1.88. The fourth-order valence-electron chi connectivity index (χ4n) is 3.58. The lowest BCUT2D eigenvalue weighted by molar-refractivity contribution is -0.133. The highest BCUT2D eigenvalue weighted by atomic mass is 35.5. The zero-order chi connectivity index (χ0) is 20.5. The van der Waals surface area contributed by atoms with E-state index in [-0.39, 0.29) is 22.9 Å². The van der Waals surface area contributed by atoms with Crippen LogP contribution < -0.4 is 5.56 Å². The summed E-state index contributed by atoms with van der Waals surface area (Å²) < 4.78 is 1.52. The minimum Gasteiger partial charge on any atom is -0.336 e. The fourth-order valence-corrected chi connectivity index (χ4v) is 3.75. The van der Waals surface area contributed by atoms with E-state index in [9.17, 15) is 9.59 Å². The minimum absolute atomic E-state index is 0.0553. The van der Waals surface area contributed by atoms with Crippen molar-refractivity contribution >= 4 is 28.4 Å². The summed E-state index contributed by atoms with van der Waals surface area (Å²) in [4.78, 5) is 31.7. The van der Waals surface area contributed by atoms with E-state index in [2.05, 4.69) is 32.7 Å². The van der Waals surface area contributed by atoms with Gasteiger partial charge < -0.3 is 4.90 Å². The summed E-state index contributed by atoms with van der Waals surface area (Å²) in [5.74, 6) is 0.896. The molecule has 2 unspecified atom stereocenters. The van der Waals surface area contributed by atoms with Gasteiger partial charge in [-0.05, 0) is 42.9 Å². The maximum Gasteiger partial charge on any atom is 0.261 e. The monoisotopic (exact) mass is 391 g/mol. The summed E-state index contributed by atoms with van der Waals surface area (Å²) in [5.41, 5.74) is 0.599. The molecule has 2 rings (SSSR count). The standard InChI is InChI=1S/C21H30ClN3O2/c1-13(12-21(3,4)5)10-18(26)24(6)14(2)19-23-17-11-15(22)8-9-16(17)20(27)25(19)7/h8-9,11,13-14H,10,12H2,1-7H3. The SMILES string of the molecule is CC(CC(=O)N(C)C(C)c1nc2cc(Cl)ccc2c(=O)n1C)CC(C)(C)C. The maximum atomic E-state index is 12.8. The van der Waals surface area contributed by atoms with Gasteiger partial charge in [0.25, 0.3) is 5.56 Å². The Morgan fingerprint density at radius 2 is 1.93 bits per heavy atom. The highest BCUT2D eigenvalue weighted by Crippen LogP contribution is 2.27. The zero-order valence-corrected chi connectivity index (χ0v) is 18.1. The van der Waals surface area contributed by atoms with Gasteiger partial charge >= 0.3 is 0 Å². The molecule has 0 saturated carbocycles. The third kappa shape index (κ3) is 5.10. The Kier molecular flexibility index (Phi) is 6.35. The molecule has 148 valence electrons. The highest BCUT2D eigenvalue weighted by molar-refractivity contribution is 6.31. The van der Waals surface area contributed by atoms with Crippen LogP contribution in [0.15, 0.2) is 23.0 Å². The van der Waals surface area contributed by atoms with Crippen molar-refractivity contribution in [3.05, 3.63) is 39.4 Å². The lowest BCUT2D eigenvalue weighted by atomic mass is 9.84. The van der Waals surface area contributed by atoms with Crippen LogP contribution in [0, 0.1) is 11.3 Å². The fraction of sp³-hybridized carbons (Fsp3) is 0.571. The molecular weight excluding hydrogens is 362 g/mol. The smallest absolute Gasteiger partial charge is 0.261 e. The number of nitrogens with zero attached hydrogens (tertiary/aromatic N) is 3. The van der Waals surface area contributed by atoms with Gasteiger partial charge in [-0.15, -0.1) is 0 Å². The van der Waals surface area contributed by atoms with E-state index in [0.717, 1.165) is 6.42 Å². The van der Waals surface area contributed by atoms with Crippen molar-refractivity contribution in [2.24, 2.45) is 18.4 Å². The third-order valence-electron chi connectivity index (χ3n) is 4.91. The van der Waals surface area contributed by atoms with Crippen molar-refractivity contribution in [3.8, 4) is 0 Å².